The molecule has 3 N–H and O–H groups in total. The molecule has 0 radical (unpaired) electrons. The molecule has 82 heavy (non-hydrogen) atoms. The zero-order chi connectivity index (χ0) is 59.2. The Kier molecular flexibility index (Phi) is 69.4. The van der Waals surface area contributed by atoms with E-state index in [0.717, 1.165) is 57.8 Å². The molecule has 0 saturated carbocycles. The molecule has 6 nitrogen and oxygen atoms in total. The number of ether oxygens (including phenoxy) is 1. The number of hydrogen-bond donors (Lipinski definition) is 3. The number of carbonyl (C=O) groups is 2. The number of nitrogens with one attached hydrogen (secondary N) is 1. The molecule has 0 spiro atoms. The maximum absolute atomic E-state index is 12.6. The summed E-state index contributed by atoms with van der Waals surface area (Å²) in [5, 5.41) is 23.4. The summed E-state index contributed by atoms with van der Waals surface area (Å²) in [5.41, 5.74) is 0. The summed E-state index contributed by atoms with van der Waals surface area (Å²) in [6.07, 6.45) is 93.0. The van der Waals surface area contributed by atoms with Crippen LogP contribution in [0.4, 0.5) is 0 Å². The Hall–Kier alpha value is -2.18. The first kappa shape index (κ1) is 79.8. The fourth-order valence-corrected chi connectivity index (χ4v) is 11.5. The Morgan fingerprint density at radius 3 is 0.939 bits per heavy atom. The lowest BCUT2D eigenvalue weighted by Crippen LogP contribution is -2.45. The Bertz CT molecular complexity index is 1370. The van der Waals surface area contributed by atoms with Gasteiger partial charge in [-0.05, 0) is 89.9 Å². The van der Waals surface area contributed by atoms with E-state index in [0.29, 0.717) is 25.9 Å². The number of esters is 1. The van der Waals surface area contributed by atoms with Gasteiger partial charge < -0.3 is 20.3 Å². The minimum atomic E-state index is -0.671. The van der Waals surface area contributed by atoms with Crippen molar-refractivity contribution >= 4 is 11.9 Å². The third-order valence-corrected chi connectivity index (χ3v) is 17.1. The van der Waals surface area contributed by atoms with Crippen molar-refractivity contribution in [2.75, 3.05) is 13.2 Å². The molecule has 0 aromatic heterocycles. The van der Waals surface area contributed by atoms with Gasteiger partial charge in [-0.25, -0.2) is 0 Å². The second kappa shape index (κ2) is 71.3. The molecule has 2 unspecified atom stereocenters. The summed E-state index contributed by atoms with van der Waals surface area (Å²) in [5.74, 6) is -0.0353. The molecule has 0 aliphatic heterocycles. The summed E-state index contributed by atoms with van der Waals surface area (Å²) in [6, 6.07) is -0.548. The Balaban J connectivity index is 3.43. The first-order valence-electron chi connectivity index (χ1n) is 36.9. The van der Waals surface area contributed by atoms with Crippen LogP contribution in [0.25, 0.3) is 0 Å². The third-order valence-electron chi connectivity index (χ3n) is 17.1. The molecule has 6 heteroatoms. The Labute approximate surface area is 512 Å². The number of aliphatic hydroxyl groups is 2. The molecule has 2 atom stereocenters. The van der Waals surface area contributed by atoms with Crippen molar-refractivity contribution in [2.45, 2.75) is 411 Å². The second-order valence-electron chi connectivity index (χ2n) is 25.3. The lowest BCUT2D eigenvalue weighted by atomic mass is 10.0. The van der Waals surface area contributed by atoms with E-state index in [2.05, 4.69) is 67.8 Å². The third kappa shape index (κ3) is 67.0. The lowest BCUT2D eigenvalue weighted by Gasteiger charge is -2.22. The number of amides is 1. The van der Waals surface area contributed by atoms with Crippen LogP contribution in [-0.2, 0) is 14.3 Å². The molecule has 0 aromatic carbocycles. The predicted molar refractivity (Wildman–Crippen MR) is 361 cm³/mol. The number of unbranched alkanes of at least 4 members (excludes halogenated alkanes) is 50. The SMILES string of the molecule is CCCCCC/C=C\C/C=C\CCCCCCCCCC(=O)OCCCCCCCCCCC/C=C\C/C=C\CCCCCCCCCCCC(=O)NC(CO)C(O)CCCCCCCCCCCCCCCCCCCCCCCC. The van der Waals surface area contributed by atoms with Crippen molar-refractivity contribution in [1.82, 2.24) is 5.32 Å². The highest BCUT2D eigenvalue weighted by molar-refractivity contribution is 5.76. The summed E-state index contributed by atoms with van der Waals surface area (Å²) in [7, 11) is 0. The van der Waals surface area contributed by atoms with Gasteiger partial charge in [-0.3, -0.25) is 9.59 Å². The quantitative estimate of drug-likeness (QED) is 0.0320. The molecule has 0 bridgehead atoms. The van der Waals surface area contributed by atoms with Gasteiger partial charge in [-0.2, -0.15) is 0 Å². The van der Waals surface area contributed by atoms with E-state index in [1.54, 1.807) is 0 Å². The molecular formula is C76H143NO5. The average Bonchev–Trinajstić information content (AvgIpc) is 3.48. The summed E-state index contributed by atoms with van der Waals surface area (Å²) in [4.78, 5) is 24.7. The lowest BCUT2D eigenvalue weighted by molar-refractivity contribution is -0.143. The highest BCUT2D eigenvalue weighted by Crippen LogP contribution is 2.19. The van der Waals surface area contributed by atoms with Crippen molar-refractivity contribution < 1.29 is 24.5 Å². The van der Waals surface area contributed by atoms with Crippen LogP contribution < -0.4 is 5.32 Å². The second-order valence-corrected chi connectivity index (χ2v) is 25.3. The van der Waals surface area contributed by atoms with Crippen molar-refractivity contribution in [1.29, 1.82) is 0 Å². The minimum absolute atomic E-state index is 0.00215. The highest BCUT2D eigenvalue weighted by Gasteiger charge is 2.20. The van der Waals surface area contributed by atoms with Gasteiger partial charge >= 0.3 is 5.97 Å². The molecule has 482 valence electrons. The van der Waals surface area contributed by atoms with E-state index in [4.69, 9.17) is 4.74 Å². The van der Waals surface area contributed by atoms with E-state index in [9.17, 15) is 19.8 Å². The van der Waals surface area contributed by atoms with Crippen molar-refractivity contribution in [3.8, 4) is 0 Å². The van der Waals surface area contributed by atoms with E-state index in [-0.39, 0.29) is 18.5 Å². The molecule has 0 aliphatic carbocycles. The van der Waals surface area contributed by atoms with Crippen LogP contribution >= 0.6 is 0 Å². The summed E-state index contributed by atoms with van der Waals surface area (Å²) < 4.78 is 5.50. The van der Waals surface area contributed by atoms with E-state index < -0.39 is 12.1 Å². The minimum Gasteiger partial charge on any atom is -0.466 e. The molecule has 0 aliphatic rings. The van der Waals surface area contributed by atoms with Crippen LogP contribution in [0.1, 0.15) is 399 Å². The first-order valence-corrected chi connectivity index (χ1v) is 36.9. The molecule has 1 amide bonds. The molecule has 0 rings (SSSR count). The topological polar surface area (TPSA) is 95.9 Å². The van der Waals surface area contributed by atoms with Crippen molar-refractivity contribution in [3.05, 3.63) is 48.6 Å². The zero-order valence-corrected chi connectivity index (χ0v) is 55.2. The van der Waals surface area contributed by atoms with Crippen LogP contribution in [0.5, 0.6) is 0 Å². The zero-order valence-electron chi connectivity index (χ0n) is 55.2. The maximum Gasteiger partial charge on any atom is 0.305 e. The standard InChI is InChI=1S/C76H143NO5/c1-3-5-7-9-11-13-15-17-19-21-23-24-30-33-36-40-44-48-52-56-60-64-68-74(79)73(72-78)77-75(80)69-65-61-57-53-49-45-41-37-34-31-28-26-25-27-29-32-35-39-43-47-51-55-59-63-67-71-82-76(81)70-66-62-58-54-50-46-42-38-22-20-18-16-14-12-10-8-6-4-2/h14,16,20,22,26-29,73-74,78-79H,3-13,15,17-19,21,23-25,30-72H2,1-2H3,(H,77,80)/b16-14-,22-20-,28-26-,29-27-. The van der Waals surface area contributed by atoms with Gasteiger partial charge in [0.15, 0.2) is 0 Å². The smallest absolute Gasteiger partial charge is 0.305 e. The molecule has 0 fully saturated rings. The van der Waals surface area contributed by atoms with Gasteiger partial charge in [0.25, 0.3) is 0 Å². The van der Waals surface area contributed by atoms with Crippen LogP contribution in [-0.4, -0.2) is 47.4 Å². The van der Waals surface area contributed by atoms with Crippen molar-refractivity contribution in [2.24, 2.45) is 0 Å². The Morgan fingerprint density at radius 1 is 0.341 bits per heavy atom. The van der Waals surface area contributed by atoms with Gasteiger partial charge in [0.05, 0.1) is 25.4 Å². The number of hydrogen-bond acceptors (Lipinski definition) is 5. The fraction of sp³-hybridized carbons (Fsp3) is 0.868. The summed E-state index contributed by atoms with van der Waals surface area (Å²) >= 11 is 0. The van der Waals surface area contributed by atoms with Crippen LogP contribution in [0.15, 0.2) is 48.6 Å². The van der Waals surface area contributed by atoms with Gasteiger partial charge in [0.2, 0.25) is 5.91 Å². The van der Waals surface area contributed by atoms with Gasteiger partial charge in [0.1, 0.15) is 0 Å². The predicted octanol–water partition coefficient (Wildman–Crippen LogP) is 24.0. The van der Waals surface area contributed by atoms with Gasteiger partial charge in [-0.1, -0.05) is 345 Å². The van der Waals surface area contributed by atoms with Gasteiger partial charge in [-0.15, -0.1) is 0 Å². The van der Waals surface area contributed by atoms with E-state index in [1.165, 1.54) is 308 Å². The molecular weight excluding hydrogens is 1010 g/mol. The van der Waals surface area contributed by atoms with Crippen LogP contribution in [0.3, 0.4) is 0 Å². The monoisotopic (exact) mass is 1150 g/mol. The van der Waals surface area contributed by atoms with E-state index in [1.807, 2.05) is 0 Å². The largest absolute Gasteiger partial charge is 0.466 e. The maximum atomic E-state index is 12.6. The average molecular weight is 1150 g/mol. The Morgan fingerprint density at radius 2 is 0.610 bits per heavy atom. The highest BCUT2D eigenvalue weighted by atomic mass is 16.5. The normalized spacial score (nSPS) is 12.8. The molecule has 0 heterocycles. The number of aliphatic hydroxyl groups excluding tert-OH is 2. The van der Waals surface area contributed by atoms with Crippen molar-refractivity contribution in [3.63, 3.8) is 0 Å². The van der Waals surface area contributed by atoms with Crippen LogP contribution in [0, 0.1) is 0 Å². The summed E-state index contributed by atoms with van der Waals surface area (Å²) in [6.45, 7) is 4.96. The molecule has 0 aromatic rings. The van der Waals surface area contributed by atoms with E-state index >= 15 is 0 Å². The van der Waals surface area contributed by atoms with Gasteiger partial charge in [0, 0.05) is 12.8 Å². The van der Waals surface area contributed by atoms with Crippen LogP contribution in [0.2, 0.25) is 0 Å². The number of allylic oxidation sites excluding steroid dienone is 8. The molecule has 0 saturated heterocycles. The number of carbonyl (C=O) groups excluding carboxylic acids is 2. The fourth-order valence-electron chi connectivity index (χ4n) is 11.5. The first-order chi connectivity index (χ1) is 40.5. The number of rotatable bonds is 69.